The maximum Gasteiger partial charge on any atom is 0.307 e. The van der Waals surface area contributed by atoms with Gasteiger partial charge in [-0.1, -0.05) is 25.0 Å². The highest BCUT2D eigenvalue weighted by molar-refractivity contribution is 5.96. The third kappa shape index (κ3) is 4.00. The van der Waals surface area contributed by atoms with E-state index in [1.54, 1.807) is 12.1 Å². The fourth-order valence-electron chi connectivity index (χ4n) is 2.89. The molecule has 1 aliphatic carbocycles. The lowest BCUT2D eigenvalue weighted by Crippen LogP contribution is -2.36. The lowest BCUT2D eigenvalue weighted by Gasteiger charge is -2.27. The number of hydrogen-bond acceptors (Lipinski definition) is 3. The predicted octanol–water partition coefficient (Wildman–Crippen LogP) is 3.30. The Kier molecular flexibility index (Phi) is 5.41. The second-order valence-corrected chi connectivity index (χ2v) is 5.99. The molecule has 2 N–H and O–H groups in total. The Labute approximate surface area is 130 Å². The number of carbonyl (C=O) groups excluding carboxylic acids is 1. The summed E-state index contributed by atoms with van der Waals surface area (Å²) in [6.45, 7) is 3.83. The van der Waals surface area contributed by atoms with Crippen molar-refractivity contribution in [2.24, 2.45) is 11.8 Å². The average molecular weight is 305 g/mol. The minimum atomic E-state index is -0.883. The molecule has 2 rings (SSSR count). The molecule has 22 heavy (non-hydrogen) atoms. The molecule has 5 nitrogen and oxygen atoms in total. The van der Waals surface area contributed by atoms with Crippen LogP contribution in [0.1, 0.15) is 39.5 Å². The lowest BCUT2D eigenvalue weighted by atomic mass is 9.78. The number of benzene rings is 1. The van der Waals surface area contributed by atoms with Crippen LogP contribution in [0.15, 0.2) is 24.3 Å². The summed E-state index contributed by atoms with van der Waals surface area (Å²) in [6, 6.07) is 7.23. The molecule has 120 valence electrons. The van der Waals surface area contributed by atoms with E-state index in [0.717, 1.165) is 12.8 Å². The number of anilines is 1. The van der Waals surface area contributed by atoms with Crippen LogP contribution >= 0.6 is 0 Å². The molecule has 0 aromatic heterocycles. The summed E-state index contributed by atoms with van der Waals surface area (Å²) in [6.07, 6.45) is 2.95. The monoisotopic (exact) mass is 305 g/mol. The zero-order valence-corrected chi connectivity index (χ0v) is 13.0. The van der Waals surface area contributed by atoms with Crippen LogP contribution in [-0.2, 0) is 9.59 Å². The normalized spacial score (nSPS) is 21.4. The van der Waals surface area contributed by atoms with Gasteiger partial charge in [-0.25, -0.2) is 0 Å². The van der Waals surface area contributed by atoms with E-state index >= 15 is 0 Å². The number of aliphatic carboxylic acids is 1. The van der Waals surface area contributed by atoms with E-state index in [1.807, 2.05) is 26.0 Å². The van der Waals surface area contributed by atoms with Gasteiger partial charge in [0.2, 0.25) is 5.91 Å². The van der Waals surface area contributed by atoms with Gasteiger partial charge in [0, 0.05) is 0 Å². The van der Waals surface area contributed by atoms with E-state index in [1.165, 1.54) is 0 Å². The Morgan fingerprint density at radius 3 is 2.45 bits per heavy atom. The average Bonchev–Trinajstić information content (AvgIpc) is 2.48. The van der Waals surface area contributed by atoms with Gasteiger partial charge in [-0.05, 0) is 38.8 Å². The molecule has 1 amide bonds. The second kappa shape index (κ2) is 7.29. The van der Waals surface area contributed by atoms with Crippen molar-refractivity contribution in [3.05, 3.63) is 24.3 Å². The number of para-hydroxylation sites is 2. The largest absolute Gasteiger partial charge is 0.489 e. The van der Waals surface area contributed by atoms with Crippen LogP contribution < -0.4 is 10.1 Å². The van der Waals surface area contributed by atoms with Crippen molar-refractivity contribution in [3.63, 3.8) is 0 Å². The van der Waals surface area contributed by atoms with Crippen LogP contribution in [-0.4, -0.2) is 23.1 Å². The molecule has 1 saturated carbocycles. The predicted molar refractivity (Wildman–Crippen MR) is 83.9 cm³/mol. The van der Waals surface area contributed by atoms with Gasteiger partial charge in [0.15, 0.2) is 0 Å². The standard InChI is InChI=1S/C17H23NO4/c1-11(2)22-15-10-6-5-9-14(15)18-16(19)12-7-3-4-8-13(12)17(20)21/h5-6,9-13H,3-4,7-8H2,1-2H3,(H,18,19)(H,20,21)/t12-,13+/m1/s1. The second-order valence-electron chi connectivity index (χ2n) is 5.99. The molecule has 1 aromatic rings. The highest BCUT2D eigenvalue weighted by Crippen LogP contribution is 2.32. The number of ether oxygens (including phenoxy) is 1. The molecule has 1 aliphatic rings. The first-order valence-corrected chi connectivity index (χ1v) is 7.78. The maximum absolute atomic E-state index is 12.5. The highest BCUT2D eigenvalue weighted by Gasteiger charge is 2.35. The molecule has 0 spiro atoms. The van der Waals surface area contributed by atoms with E-state index in [4.69, 9.17) is 4.74 Å². The van der Waals surface area contributed by atoms with E-state index in [-0.39, 0.29) is 12.0 Å². The van der Waals surface area contributed by atoms with Crippen molar-refractivity contribution in [3.8, 4) is 5.75 Å². The van der Waals surface area contributed by atoms with Crippen molar-refractivity contribution in [1.29, 1.82) is 0 Å². The van der Waals surface area contributed by atoms with Crippen LogP contribution in [0, 0.1) is 11.8 Å². The fourth-order valence-corrected chi connectivity index (χ4v) is 2.89. The number of carboxylic acids is 1. The SMILES string of the molecule is CC(C)Oc1ccccc1NC(=O)[C@@H]1CCCC[C@@H]1C(=O)O. The van der Waals surface area contributed by atoms with Gasteiger partial charge >= 0.3 is 5.97 Å². The summed E-state index contributed by atoms with van der Waals surface area (Å²) in [5.41, 5.74) is 0.593. The van der Waals surface area contributed by atoms with Crippen LogP contribution in [0.4, 0.5) is 5.69 Å². The molecule has 5 heteroatoms. The highest BCUT2D eigenvalue weighted by atomic mass is 16.5. The van der Waals surface area contributed by atoms with E-state index in [9.17, 15) is 14.7 Å². The topological polar surface area (TPSA) is 75.6 Å². The van der Waals surface area contributed by atoms with Crippen LogP contribution in [0.2, 0.25) is 0 Å². The summed E-state index contributed by atoms with van der Waals surface area (Å²) in [5, 5.41) is 12.1. The summed E-state index contributed by atoms with van der Waals surface area (Å²) < 4.78 is 5.68. The molecule has 2 atom stereocenters. The molecule has 0 saturated heterocycles. The molecule has 0 unspecified atom stereocenters. The van der Waals surface area contributed by atoms with Gasteiger partial charge in [-0.3, -0.25) is 9.59 Å². The van der Waals surface area contributed by atoms with Crippen molar-refractivity contribution < 1.29 is 19.4 Å². The number of nitrogens with one attached hydrogen (secondary N) is 1. The quantitative estimate of drug-likeness (QED) is 0.875. The van der Waals surface area contributed by atoms with E-state index < -0.39 is 17.8 Å². The molecule has 0 bridgehead atoms. The summed E-state index contributed by atoms with van der Waals surface area (Å²) in [5.74, 6) is -1.57. The van der Waals surface area contributed by atoms with Crippen molar-refractivity contribution in [2.75, 3.05) is 5.32 Å². The smallest absolute Gasteiger partial charge is 0.307 e. The number of hydrogen-bond donors (Lipinski definition) is 2. The minimum absolute atomic E-state index is 0.000462. The first-order chi connectivity index (χ1) is 10.5. The van der Waals surface area contributed by atoms with Crippen LogP contribution in [0.3, 0.4) is 0 Å². The Morgan fingerprint density at radius 2 is 1.82 bits per heavy atom. The minimum Gasteiger partial charge on any atom is -0.489 e. The summed E-state index contributed by atoms with van der Waals surface area (Å²) >= 11 is 0. The molecule has 0 radical (unpaired) electrons. The number of amides is 1. The first-order valence-electron chi connectivity index (χ1n) is 7.78. The van der Waals surface area contributed by atoms with Gasteiger partial charge in [-0.2, -0.15) is 0 Å². The third-order valence-electron chi connectivity index (χ3n) is 3.93. The van der Waals surface area contributed by atoms with Crippen molar-refractivity contribution >= 4 is 17.6 Å². The van der Waals surface area contributed by atoms with Gasteiger partial charge in [0.25, 0.3) is 0 Å². The van der Waals surface area contributed by atoms with Crippen molar-refractivity contribution in [2.45, 2.75) is 45.6 Å². The molecule has 1 aromatic carbocycles. The zero-order valence-electron chi connectivity index (χ0n) is 13.0. The van der Waals surface area contributed by atoms with Crippen molar-refractivity contribution in [1.82, 2.24) is 0 Å². The summed E-state index contributed by atoms with van der Waals surface area (Å²) in [4.78, 5) is 23.8. The zero-order chi connectivity index (χ0) is 16.1. The Bertz CT molecular complexity index is 541. The molecule has 0 aliphatic heterocycles. The molecular weight excluding hydrogens is 282 g/mol. The number of carboxylic acid groups (broad SMARTS) is 1. The van der Waals surface area contributed by atoms with Crippen LogP contribution in [0.5, 0.6) is 5.75 Å². The van der Waals surface area contributed by atoms with Crippen LogP contribution in [0.25, 0.3) is 0 Å². The fraction of sp³-hybridized carbons (Fsp3) is 0.529. The van der Waals surface area contributed by atoms with Gasteiger partial charge in [-0.15, -0.1) is 0 Å². The van der Waals surface area contributed by atoms with Gasteiger partial charge < -0.3 is 15.2 Å². The molecular formula is C17H23NO4. The summed E-state index contributed by atoms with van der Waals surface area (Å²) in [7, 11) is 0. The molecule has 1 fully saturated rings. The van der Waals surface area contributed by atoms with E-state index in [2.05, 4.69) is 5.32 Å². The van der Waals surface area contributed by atoms with Gasteiger partial charge in [0.05, 0.1) is 23.6 Å². The Hall–Kier alpha value is -2.04. The van der Waals surface area contributed by atoms with E-state index in [0.29, 0.717) is 24.3 Å². The Balaban J connectivity index is 2.12. The molecule has 0 heterocycles. The number of rotatable bonds is 5. The third-order valence-corrected chi connectivity index (χ3v) is 3.93. The Morgan fingerprint density at radius 1 is 1.18 bits per heavy atom. The van der Waals surface area contributed by atoms with Gasteiger partial charge in [0.1, 0.15) is 5.75 Å². The lowest BCUT2D eigenvalue weighted by molar-refractivity contribution is -0.147. The number of carbonyl (C=O) groups is 2. The first kappa shape index (κ1) is 16.3. The maximum atomic E-state index is 12.5.